The number of nitrogens with two attached hydrogens (primary N) is 1. The molecule has 0 saturated carbocycles. The van der Waals surface area contributed by atoms with Crippen LogP contribution < -0.4 is 9.86 Å². The molecule has 66 valence electrons. The lowest BCUT2D eigenvalue weighted by molar-refractivity contribution is 0.603. The molecule has 0 unspecified atom stereocenters. The number of halogens is 1. The number of benzene rings is 1. The Morgan fingerprint density at radius 1 is 1.42 bits per heavy atom. The van der Waals surface area contributed by atoms with E-state index in [4.69, 9.17) is 5.14 Å². The van der Waals surface area contributed by atoms with E-state index in [1.807, 2.05) is 6.07 Å². The zero-order chi connectivity index (χ0) is 9.19. The lowest BCUT2D eigenvalue weighted by Gasteiger charge is -2.02. The highest BCUT2D eigenvalue weighted by molar-refractivity contribution is 14.1. The van der Waals surface area contributed by atoms with Gasteiger partial charge in [0.25, 0.3) is 10.2 Å². The average molecular weight is 298 g/mol. The van der Waals surface area contributed by atoms with Gasteiger partial charge < -0.3 is 0 Å². The molecule has 3 N–H and O–H groups in total. The number of nitrogens with one attached hydrogen (secondary N) is 1. The van der Waals surface area contributed by atoms with Crippen LogP contribution in [0.4, 0.5) is 5.69 Å². The smallest absolute Gasteiger partial charge is 0.271 e. The van der Waals surface area contributed by atoms with Crippen LogP contribution in [0, 0.1) is 3.57 Å². The maximum Gasteiger partial charge on any atom is 0.296 e. The van der Waals surface area contributed by atoms with Gasteiger partial charge in [0.2, 0.25) is 0 Å². The molecule has 0 amide bonds. The number of rotatable bonds is 2. The predicted molar refractivity (Wildman–Crippen MR) is 55.9 cm³/mol. The summed E-state index contributed by atoms with van der Waals surface area (Å²) in [6, 6.07) is 6.92. The molecule has 0 aliphatic rings. The molecule has 0 aliphatic heterocycles. The fraction of sp³-hybridized carbons (Fsp3) is 0. The van der Waals surface area contributed by atoms with Gasteiger partial charge in [0.15, 0.2) is 0 Å². The quantitative estimate of drug-likeness (QED) is 0.797. The molecule has 0 fully saturated rings. The average Bonchev–Trinajstić information content (AvgIpc) is 1.82. The zero-order valence-corrected chi connectivity index (χ0v) is 8.96. The van der Waals surface area contributed by atoms with Gasteiger partial charge in [0.05, 0.1) is 5.69 Å². The number of hydrogen-bond donors (Lipinski definition) is 2. The summed E-state index contributed by atoms with van der Waals surface area (Å²) in [6.45, 7) is 0. The molecule has 0 saturated heterocycles. The molecule has 12 heavy (non-hydrogen) atoms. The van der Waals surface area contributed by atoms with E-state index >= 15 is 0 Å². The minimum Gasteiger partial charge on any atom is -0.271 e. The molecule has 0 spiro atoms. The Morgan fingerprint density at radius 3 is 2.58 bits per heavy atom. The first kappa shape index (κ1) is 9.75. The SMILES string of the molecule is NS(=O)(=O)Nc1cccc(I)c1. The van der Waals surface area contributed by atoms with Crippen molar-refractivity contribution in [3.63, 3.8) is 0 Å². The van der Waals surface area contributed by atoms with Gasteiger partial charge >= 0.3 is 0 Å². The van der Waals surface area contributed by atoms with Crippen LogP contribution in [-0.4, -0.2) is 8.42 Å². The lowest BCUT2D eigenvalue weighted by atomic mass is 10.3. The summed E-state index contributed by atoms with van der Waals surface area (Å²) in [6.07, 6.45) is 0. The van der Waals surface area contributed by atoms with Crippen LogP contribution in [0.5, 0.6) is 0 Å². The molecule has 0 aliphatic carbocycles. The highest BCUT2D eigenvalue weighted by Crippen LogP contribution is 2.12. The third-order valence-electron chi connectivity index (χ3n) is 1.08. The van der Waals surface area contributed by atoms with E-state index in [1.165, 1.54) is 0 Å². The minimum atomic E-state index is -3.65. The second kappa shape index (κ2) is 3.58. The van der Waals surface area contributed by atoms with Gasteiger partial charge in [-0.1, -0.05) is 6.07 Å². The summed E-state index contributed by atoms with van der Waals surface area (Å²) in [4.78, 5) is 0. The summed E-state index contributed by atoms with van der Waals surface area (Å²) in [5.41, 5.74) is 0.476. The van der Waals surface area contributed by atoms with E-state index < -0.39 is 10.2 Å². The minimum absolute atomic E-state index is 0.476. The van der Waals surface area contributed by atoms with Gasteiger partial charge in [-0.3, -0.25) is 4.72 Å². The highest BCUT2D eigenvalue weighted by Gasteiger charge is 2.00. The summed E-state index contributed by atoms with van der Waals surface area (Å²) in [7, 11) is -3.65. The van der Waals surface area contributed by atoms with Crippen LogP contribution in [-0.2, 0) is 10.2 Å². The van der Waals surface area contributed by atoms with Gasteiger partial charge in [-0.25, -0.2) is 5.14 Å². The van der Waals surface area contributed by atoms with E-state index in [0.29, 0.717) is 5.69 Å². The van der Waals surface area contributed by atoms with E-state index in [-0.39, 0.29) is 0 Å². The molecule has 0 aromatic heterocycles. The van der Waals surface area contributed by atoms with Gasteiger partial charge in [-0.2, -0.15) is 8.42 Å². The van der Waals surface area contributed by atoms with E-state index in [0.717, 1.165) is 3.57 Å². The molecule has 0 bridgehead atoms. The van der Waals surface area contributed by atoms with E-state index in [1.54, 1.807) is 18.2 Å². The van der Waals surface area contributed by atoms with Gasteiger partial charge in [-0.05, 0) is 40.8 Å². The Morgan fingerprint density at radius 2 is 2.08 bits per heavy atom. The zero-order valence-electron chi connectivity index (χ0n) is 5.99. The third kappa shape index (κ3) is 3.37. The predicted octanol–water partition coefficient (Wildman–Crippen LogP) is 0.907. The molecule has 4 nitrogen and oxygen atoms in total. The van der Waals surface area contributed by atoms with Gasteiger partial charge in [0.1, 0.15) is 0 Å². The van der Waals surface area contributed by atoms with Crippen molar-refractivity contribution in [2.75, 3.05) is 4.72 Å². The van der Waals surface area contributed by atoms with Crippen LogP contribution in [0.2, 0.25) is 0 Å². The van der Waals surface area contributed by atoms with Crippen LogP contribution in [0.3, 0.4) is 0 Å². The van der Waals surface area contributed by atoms with Crippen molar-refractivity contribution in [3.05, 3.63) is 27.8 Å². The normalized spacial score (nSPS) is 11.2. The van der Waals surface area contributed by atoms with Crippen molar-refractivity contribution < 1.29 is 8.42 Å². The Labute approximate surface area is 84.5 Å². The Kier molecular flexibility index (Phi) is 2.91. The molecule has 1 rings (SSSR count). The molecular weight excluding hydrogens is 291 g/mol. The molecule has 0 radical (unpaired) electrons. The van der Waals surface area contributed by atoms with Crippen molar-refractivity contribution >= 4 is 38.5 Å². The molecule has 6 heteroatoms. The fourth-order valence-electron chi connectivity index (χ4n) is 0.716. The molecule has 0 atom stereocenters. The summed E-state index contributed by atoms with van der Waals surface area (Å²) < 4.78 is 24.3. The second-order valence-electron chi connectivity index (χ2n) is 2.16. The summed E-state index contributed by atoms with van der Waals surface area (Å²) >= 11 is 2.08. The van der Waals surface area contributed by atoms with Crippen LogP contribution in [0.1, 0.15) is 0 Å². The third-order valence-corrected chi connectivity index (χ3v) is 2.28. The molecular formula is C6H7IN2O2S. The summed E-state index contributed by atoms with van der Waals surface area (Å²) in [5.74, 6) is 0. The number of hydrogen-bond acceptors (Lipinski definition) is 2. The van der Waals surface area contributed by atoms with Crippen molar-refractivity contribution in [2.45, 2.75) is 0 Å². The maximum atomic E-state index is 10.6. The van der Waals surface area contributed by atoms with Crippen molar-refractivity contribution in [1.29, 1.82) is 0 Å². The van der Waals surface area contributed by atoms with Crippen LogP contribution in [0.25, 0.3) is 0 Å². The Hall–Kier alpha value is -0.340. The standard InChI is InChI=1S/C6H7IN2O2S/c7-5-2-1-3-6(4-5)9-12(8,10)11/h1-4,9H,(H2,8,10,11). The molecule has 1 aromatic rings. The summed E-state index contributed by atoms with van der Waals surface area (Å²) in [5, 5.41) is 4.78. The van der Waals surface area contributed by atoms with Gasteiger partial charge in [0, 0.05) is 3.57 Å². The monoisotopic (exact) mass is 298 g/mol. The first-order valence-electron chi connectivity index (χ1n) is 3.03. The first-order chi connectivity index (χ1) is 5.47. The van der Waals surface area contributed by atoms with E-state index in [9.17, 15) is 8.42 Å². The van der Waals surface area contributed by atoms with Crippen molar-refractivity contribution in [2.24, 2.45) is 5.14 Å². The molecule has 0 heterocycles. The number of anilines is 1. The first-order valence-corrected chi connectivity index (χ1v) is 5.66. The highest BCUT2D eigenvalue weighted by atomic mass is 127. The fourth-order valence-corrected chi connectivity index (χ4v) is 1.71. The van der Waals surface area contributed by atoms with Crippen molar-refractivity contribution in [3.8, 4) is 0 Å². The lowest BCUT2D eigenvalue weighted by Crippen LogP contribution is -2.21. The maximum absolute atomic E-state index is 10.6. The van der Waals surface area contributed by atoms with Crippen LogP contribution >= 0.6 is 22.6 Å². The van der Waals surface area contributed by atoms with Crippen molar-refractivity contribution in [1.82, 2.24) is 0 Å². The topological polar surface area (TPSA) is 72.2 Å². The Balaban J connectivity index is 2.91. The Bertz CT molecular complexity index is 377. The van der Waals surface area contributed by atoms with Crippen LogP contribution in [0.15, 0.2) is 24.3 Å². The molecule has 1 aromatic carbocycles. The largest absolute Gasteiger partial charge is 0.296 e. The van der Waals surface area contributed by atoms with Gasteiger partial charge in [-0.15, -0.1) is 0 Å². The van der Waals surface area contributed by atoms with E-state index in [2.05, 4.69) is 27.3 Å². The second-order valence-corrected chi connectivity index (χ2v) is 4.70.